The van der Waals surface area contributed by atoms with Crippen molar-refractivity contribution in [2.45, 2.75) is 64.2 Å². The first kappa shape index (κ1) is 66.1. The summed E-state index contributed by atoms with van der Waals surface area (Å²) >= 11 is 34.0. The maximum absolute atomic E-state index is 12.3. The lowest BCUT2D eigenvalue weighted by Gasteiger charge is -2.33. The maximum Gasteiger partial charge on any atom is 0.304 e. The molecule has 0 N–H and O–H groups in total. The van der Waals surface area contributed by atoms with E-state index in [-0.39, 0.29) is 15.9 Å². The van der Waals surface area contributed by atoms with E-state index in [1.54, 1.807) is 109 Å². The van der Waals surface area contributed by atoms with Gasteiger partial charge in [0, 0.05) is 77.7 Å². The molecule has 0 saturated heterocycles. The Morgan fingerprint density at radius 2 is 1.01 bits per heavy atom. The number of esters is 1. The van der Waals surface area contributed by atoms with Crippen molar-refractivity contribution >= 4 is 167 Å². The fourth-order valence-electron chi connectivity index (χ4n) is 7.19. The Balaban J connectivity index is 0.000000180. The van der Waals surface area contributed by atoms with Crippen LogP contribution in [-0.4, -0.2) is 123 Å². The minimum Gasteiger partial charge on any atom is -0.441 e. The number of ether oxygens (including phenoxy) is 1. The summed E-state index contributed by atoms with van der Waals surface area (Å²) in [6, 6.07) is 21.8. The fourth-order valence-corrected chi connectivity index (χ4v) is 11.1. The van der Waals surface area contributed by atoms with Crippen LogP contribution < -0.4 is 0 Å². The molecule has 0 unspecified atom stereocenters. The Labute approximate surface area is 532 Å². The van der Waals surface area contributed by atoms with E-state index in [1.165, 1.54) is 42.2 Å². The third-order valence-corrected chi connectivity index (χ3v) is 15.7. The van der Waals surface area contributed by atoms with E-state index in [0.29, 0.717) is 37.6 Å². The summed E-state index contributed by atoms with van der Waals surface area (Å²) in [6.45, 7) is 6.95. The van der Waals surface area contributed by atoms with Gasteiger partial charge in [0.05, 0.1) is 28.2 Å². The number of thioether (sulfide) groups is 6. The van der Waals surface area contributed by atoms with Gasteiger partial charge in [-0.05, 0) is 165 Å². The second-order valence-electron chi connectivity index (χ2n) is 16.0. The number of aryl methyl sites for hydroxylation is 3. The number of rotatable bonds is 12. The summed E-state index contributed by atoms with van der Waals surface area (Å²) in [4.78, 5) is 83.0. The number of aromatic nitrogens is 15. The molecule has 18 nitrogen and oxygen atoms in total. The van der Waals surface area contributed by atoms with Crippen molar-refractivity contribution in [3.05, 3.63) is 169 Å². The Bertz CT molecular complexity index is 3750. The molecule has 0 amide bonds. The number of hydrogen-bond donors (Lipinski definition) is 0. The van der Waals surface area contributed by atoms with Crippen molar-refractivity contribution in [2.24, 2.45) is 0 Å². The standard InChI is InChI=1S/C19H18ClN5O2S2.C17H15N5S2.C7H5Cl2NO.C5H5ClN2S.C5H5IN2S/c1-11-5-6-13(16(20)23-11)19(27-12(2)26,14-7-9-21-17(24-14)28-3)15-8-10-22-18(25-15)29-4;1-10-4-5-11-14(12-6-8-18-16(21-12)23-2)13-7-9-19-17(24-3)22(13)15(11)20-10;1-4-2-3-5(7(9)11)6(8)10-4;2*1-9-5-7-3-2-4(6)8-5/h5-10H,1-4H3;4-9H,1-3H3;2-3H,1H3;2*2-3H,1H3. The molecule has 10 heterocycles. The molecule has 0 aliphatic rings. The van der Waals surface area contributed by atoms with Gasteiger partial charge in [-0.3, -0.25) is 14.0 Å². The number of carbonyl (C=O) groups is 2. The van der Waals surface area contributed by atoms with Crippen LogP contribution in [0.1, 0.15) is 51.3 Å². The van der Waals surface area contributed by atoms with Crippen LogP contribution in [0.2, 0.25) is 15.5 Å². The highest BCUT2D eigenvalue weighted by molar-refractivity contribution is 14.1. The van der Waals surface area contributed by atoms with Gasteiger partial charge in [0.2, 0.25) is 5.60 Å². The van der Waals surface area contributed by atoms with Crippen LogP contribution >= 0.6 is 140 Å². The molecule has 10 rings (SSSR count). The molecule has 0 aliphatic carbocycles. The van der Waals surface area contributed by atoms with Crippen LogP contribution in [-0.2, 0) is 15.1 Å². The SMILES string of the molecule is CSc1nccc(-c2c3ccc(C)nc3n3c(SC)nccc23)n1.CSc1nccc(C(OC(C)=O)(c2ccnc(SC)n2)c2ccc(C)nc2Cl)n1.CSc1nccc(Cl)n1.CSc1nccc(I)n1.Cc1ccc(C(=O)Cl)c(Cl)n1. The highest BCUT2D eigenvalue weighted by Crippen LogP contribution is 2.42. The predicted molar refractivity (Wildman–Crippen MR) is 343 cm³/mol. The Morgan fingerprint density at radius 1 is 0.524 bits per heavy atom. The summed E-state index contributed by atoms with van der Waals surface area (Å²) < 4.78 is 9.06. The van der Waals surface area contributed by atoms with Crippen LogP contribution in [0.3, 0.4) is 0 Å². The predicted octanol–water partition coefficient (Wildman–Crippen LogP) is 14.1. The molecular formula is C53H48Cl4IN15O3S6. The molecule has 0 aliphatic heterocycles. The fraction of sp³-hybridized carbons (Fsp3) is 0.208. The Morgan fingerprint density at radius 3 is 1.51 bits per heavy atom. The third-order valence-electron chi connectivity index (χ3n) is 10.6. The van der Waals surface area contributed by atoms with E-state index in [9.17, 15) is 9.59 Å². The zero-order chi connectivity index (χ0) is 59.5. The zero-order valence-electron chi connectivity index (χ0n) is 45.2. The number of halogens is 5. The highest BCUT2D eigenvalue weighted by Gasteiger charge is 2.45. The molecule has 29 heteroatoms. The summed E-state index contributed by atoms with van der Waals surface area (Å²) in [5.74, 6) is -0.518. The van der Waals surface area contributed by atoms with E-state index >= 15 is 0 Å². The smallest absolute Gasteiger partial charge is 0.304 e. The molecule has 0 saturated carbocycles. The number of pyridine rings is 3. The van der Waals surface area contributed by atoms with Gasteiger partial charge in [0.25, 0.3) is 5.24 Å². The normalized spacial score (nSPS) is 10.8. The second-order valence-corrected chi connectivity index (χ2v) is 23.2. The molecule has 0 atom stereocenters. The summed E-state index contributed by atoms with van der Waals surface area (Å²) in [5.41, 5.74) is 6.48. The second kappa shape index (κ2) is 32.3. The maximum atomic E-state index is 12.3. The Kier molecular flexibility index (Phi) is 26.0. The van der Waals surface area contributed by atoms with Gasteiger partial charge < -0.3 is 4.74 Å². The van der Waals surface area contributed by atoms with E-state index < -0.39 is 16.8 Å². The van der Waals surface area contributed by atoms with Crippen LogP contribution in [0.5, 0.6) is 0 Å². The van der Waals surface area contributed by atoms with E-state index in [2.05, 4.69) is 92.9 Å². The lowest BCUT2D eigenvalue weighted by atomic mass is 9.87. The number of carbonyl (C=O) groups excluding carboxylic acids is 2. The van der Waals surface area contributed by atoms with Crippen LogP contribution in [0.25, 0.3) is 27.8 Å². The summed E-state index contributed by atoms with van der Waals surface area (Å²) in [7, 11) is 0. The van der Waals surface area contributed by atoms with Gasteiger partial charge in [0.15, 0.2) is 30.9 Å². The minimum atomic E-state index is -1.51. The van der Waals surface area contributed by atoms with Crippen molar-refractivity contribution in [2.75, 3.05) is 37.5 Å². The van der Waals surface area contributed by atoms with Crippen molar-refractivity contribution in [1.82, 2.24) is 74.2 Å². The molecule has 0 spiro atoms. The Hall–Kier alpha value is -5.07. The first-order valence-electron chi connectivity index (χ1n) is 23.5. The van der Waals surface area contributed by atoms with E-state index in [1.807, 2.05) is 88.0 Å². The first-order chi connectivity index (χ1) is 39.4. The van der Waals surface area contributed by atoms with E-state index in [4.69, 9.17) is 61.1 Å². The molecule has 10 aromatic heterocycles. The molecule has 82 heavy (non-hydrogen) atoms. The number of hydrogen-bond acceptors (Lipinski definition) is 23. The summed E-state index contributed by atoms with van der Waals surface area (Å²) in [5, 5.41) is 5.62. The van der Waals surface area contributed by atoms with Crippen molar-refractivity contribution in [1.29, 1.82) is 0 Å². The minimum absolute atomic E-state index is 0.157. The van der Waals surface area contributed by atoms with Gasteiger partial charge in [-0.2, -0.15) is 0 Å². The van der Waals surface area contributed by atoms with Crippen molar-refractivity contribution < 1.29 is 14.3 Å². The van der Waals surface area contributed by atoms with Crippen LogP contribution in [0.15, 0.2) is 141 Å². The molecule has 0 bridgehead atoms. The van der Waals surface area contributed by atoms with Crippen LogP contribution in [0.4, 0.5) is 0 Å². The molecule has 0 fully saturated rings. The molecule has 424 valence electrons. The van der Waals surface area contributed by atoms with Gasteiger partial charge in [-0.15, -0.1) is 0 Å². The van der Waals surface area contributed by atoms with Gasteiger partial charge in [-0.25, -0.2) is 69.8 Å². The average Bonchev–Trinajstić information content (AvgIpc) is 3.97. The quantitative estimate of drug-likeness (QED) is 0.0211. The third kappa shape index (κ3) is 17.5. The van der Waals surface area contributed by atoms with Crippen molar-refractivity contribution in [3.63, 3.8) is 0 Å². The van der Waals surface area contributed by atoms with Crippen LogP contribution in [0, 0.1) is 24.5 Å². The lowest BCUT2D eigenvalue weighted by Crippen LogP contribution is -2.37. The average molecular weight is 1400 g/mol. The molecule has 10 aromatic rings. The zero-order valence-corrected chi connectivity index (χ0v) is 55.2. The summed E-state index contributed by atoms with van der Waals surface area (Å²) in [6.07, 6.45) is 21.9. The topological polar surface area (TPSA) is 228 Å². The number of fused-ring (bicyclic) bond motifs is 3. The molecular weight excluding hydrogens is 1360 g/mol. The van der Waals surface area contributed by atoms with Gasteiger partial charge in [0.1, 0.15) is 24.8 Å². The number of nitrogens with zero attached hydrogens (tertiary/aromatic N) is 15. The molecule has 0 radical (unpaired) electrons. The lowest BCUT2D eigenvalue weighted by molar-refractivity contribution is -0.151. The molecule has 0 aromatic carbocycles. The highest BCUT2D eigenvalue weighted by atomic mass is 127. The van der Waals surface area contributed by atoms with Crippen molar-refractivity contribution in [3.8, 4) is 11.3 Å². The monoisotopic (exact) mass is 1400 g/mol. The van der Waals surface area contributed by atoms with E-state index in [0.717, 1.165) is 64.1 Å². The largest absolute Gasteiger partial charge is 0.441 e. The first-order valence-corrected chi connectivity index (χ1v) is 33.5. The van der Waals surface area contributed by atoms with Gasteiger partial charge >= 0.3 is 5.97 Å². The van der Waals surface area contributed by atoms with Gasteiger partial charge in [-0.1, -0.05) is 105 Å².